The number of terminal acetylenes is 1. The molecule has 3 heteroatoms. The highest BCUT2D eigenvalue weighted by Gasteiger charge is 2.09. The van der Waals surface area contributed by atoms with Crippen LogP contribution in [-0.2, 0) is 6.54 Å². The van der Waals surface area contributed by atoms with E-state index in [0.29, 0.717) is 6.04 Å². The number of hydrogen-bond donors (Lipinski definition) is 1. The lowest BCUT2D eigenvalue weighted by molar-refractivity contribution is 0.460. The number of nitrogens with one attached hydrogen (secondary N) is 1. The number of nitrogens with zero attached hydrogens (tertiary/aromatic N) is 2. The van der Waals surface area contributed by atoms with E-state index >= 15 is 0 Å². The Bertz CT molecular complexity index is 536. The van der Waals surface area contributed by atoms with Crippen molar-refractivity contribution in [2.24, 2.45) is 0 Å². The molecule has 1 atom stereocenters. The van der Waals surface area contributed by atoms with Crippen molar-refractivity contribution in [2.75, 3.05) is 6.54 Å². The van der Waals surface area contributed by atoms with Crippen molar-refractivity contribution in [3.8, 4) is 12.3 Å². The highest BCUT2D eigenvalue weighted by Crippen LogP contribution is 2.12. The molecule has 94 valence electrons. The summed E-state index contributed by atoms with van der Waals surface area (Å²) >= 11 is 0. The molecule has 2 aromatic rings. The number of hydrogen-bond acceptors (Lipinski definition) is 2. The van der Waals surface area contributed by atoms with Crippen LogP contribution < -0.4 is 5.32 Å². The van der Waals surface area contributed by atoms with Gasteiger partial charge in [-0.15, -0.1) is 12.3 Å². The van der Waals surface area contributed by atoms with Gasteiger partial charge in [0.1, 0.15) is 0 Å². The van der Waals surface area contributed by atoms with Crippen LogP contribution in [0.1, 0.15) is 19.8 Å². The van der Waals surface area contributed by atoms with E-state index < -0.39 is 0 Å². The number of benzene rings is 1. The van der Waals surface area contributed by atoms with E-state index in [0.717, 1.165) is 37.0 Å². The van der Waals surface area contributed by atoms with E-state index in [1.807, 2.05) is 24.5 Å². The first-order valence-corrected chi connectivity index (χ1v) is 6.42. The number of imidazole rings is 1. The molecule has 1 aromatic carbocycles. The molecule has 1 N–H and O–H groups in total. The maximum atomic E-state index is 5.43. The molecule has 0 aliphatic heterocycles. The molecule has 1 unspecified atom stereocenters. The summed E-state index contributed by atoms with van der Waals surface area (Å²) in [7, 11) is 0. The Morgan fingerprint density at radius 3 is 3.06 bits per heavy atom. The molecule has 0 amide bonds. The van der Waals surface area contributed by atoms with Gasteiger partial charge in [-0.05, 0) is 25.1 Å². The van der Waals surface area contributed by atoms with Gasteiger partial charge in [-0.25, -0.2) is 4.98 Å². The molecule has 0 spiro atoms. The van der Waals surface area contributed by atoms with E-state index in [4.69, 9.17) is 6.42 Å². The first-order valence-electron chi connectivity index (χ1n) is 6.42. The van der Waals surface area contributed by atoms with E-state index in [9.17, 15) is 0 Å². The fourth-order valence-electron chi connectivity index (χ4n) is 2.09. The lowest BCUT2D eigenvalue weighted by Crippen LogP contribution is -2.33. The Labute approximate surface area is 108 Å². The number of rotatable bonds is 6. The van der Waals surface area contributed by atoms with Gasteiger partial charge in [-0.1, -0.05) is 19.1 Å². The zero-order valence-corrected chi connectivity index (χ0v) is 10.8. The molecule has 0 radical (unpaired) electrons. The monoisotopic (exact) mass is 241 g/mol. The normalized spacial score (nSPS) is 12.4. The van der Waals surface area contributed by atoms with Crippen molar-refractivity contribution in [1.29, 1.82) is 0 Å². The van der Waals surface area contributed by atoms with Gasteiger partial charge in [0.2, 0.25) is 0 Å². The molecule has 1 aromatic heterocycles. The van der Waals surface area contributed by atoms with Crippen LogP contribution in [0.5, 0.6) is 0 Å². The molecule has 0 aliphatic rings. The topological polar surface area (TPSA) is 29.9 Å². The average molecular weight is 241 g/mol. The van der Waals surface area contributed by atoms with Gasteiger partial charge < -0.3 is 9.88 Å². The second-order valence-electron chi connectivity index (χ2n) is 4.44. The Morgan fingerprint density at radius 2 is 2.28 bits per heavy atom. The van der Waals surface area contributed by atoms with Crippen LogP contribution in [0.15, 0.2) is 30.6 Å². The molecule has 2 rings (SSSR count). The van der Waals surface area contributed by atoms with Gasteiger partial charge in [-0.2, -0.15) is 0 Å². The summed E-state index contributed by atoms with van der Waals surface area (Å²) in [6.45, 7) is 4.02. The van der Waals surface area contributed by atoms with Gasteiger partial charge >= 0.3 is 0 Å². The molecule has 0 bridgehead atoms. The van der Waals surface area contributed by atoms with Crippen molar-refractivity contribution in [3.05, 3.63) is 30.6 Å². The summed E-state index contributed by atoms with van der Waals surface area (Å²) in [5.41, 5.74) is 2.20. The quantitative estimate of drug-likeness (QED) is 0.787. The van der Waals surface area contributed by atoms with Crippen LogP contribution in [0.4, 0.5) is 0 Å². The molecule has 0 saturated heterocycles. The molecule has 0 aliphatic carbocycles. The Hall–Kier alpha value is -1.79. The van der Waals surface area contributed by atoms with Gasteiger partial charge in [0, 0.05) is 19.0 Å². The molecular formula is C15H19N3. The highest BCUT2D eigenvalue weighted by molar-refractivity contribution is 5.74. The van der Waals surface area contributed by atoms with E-state index in [2.05, 4.69) is 33.8 Å². The minimum absolute atomic E-state index is 0.313. The third-order valence-electron chi connectivity index (χ3n) is 2.99. The number of aromatic nitrogens is 2. The zero-order chi connectivity index (χ0) is 12.8. The van der Waals surface area contributed by atoms with E-state index in [1.165, 1.54) is 0 Å². The summed E-state index contributed by atoms with van der Waals surface area (Å²) in [5.74, 6) is 2.74. The Balaban J connectivity index is 2.13. The average Bonchev–Trinajstić information content (AvgIpc) is 2.80. The van der Waals surface area contributed by atoms with Gasteiger partial charge in [0.15, 0.2) is 0 Å². The lowest BCUT2D eigenvalue weighted by Gasteiger charge is -2.17. The van der Waals surface area contributed by atoms with Gasteiger partial charge in [0.25, 0.3) is 0 Å². The lowest BCUT2D eigenvalue weighted by atomic mass is 10.2. The third-order valence-corrected chi connectivity index (χ3v) is 2.99. The molecule has 18 heavy (non-hydrogen) atoms. The minimum Gasteiger partial charge on any atom is -0.329 e. The summed E-state index contributed by atoms with van der Waals surface area (Å²) in [6.07, 6.45) is 9.18. The standard InChI is InChI=1S/C15H19N3/c1-3-7-13(16-10-4-2)11-18-12-17-14-8-5-6-9-15(14)18/h1,5-6,8-9,12-13,16H,4,7,10-11H2,2H3. The van der Waals surface area contributed by atoms with Crippen LogP contribution in [0.2, 0.25) is 0 Å². The highest BCUT2D eigenvalue weighted by atomic mass is 15.1. The van der Waals surface area contributed by atoms with Crippen LogP contribution in [0.25, 0.3) is 11.0 Å². The second-order valence-corrected chi connectivity index (χ2v) is 4.44. The van der Waals surface area contributed by atoms with Crippen LogP contribution in [0, 0.1) is 12.3 Å². The van der Waals surface area contributed by atoms with Crippen molar-refractivity contribution in [3.63, 3.8) is 0 Å². The summed E-state index contributed by atoms with van der Waals surface area (Å²) in [4.78, 5) is 4.40. The number of para-hydroxylation sites is 2. The van der Waals surface area contributed by atoms with Crippen LogP contribution in [0.3, 0.4) is 0 Å². The molecular weight excluding hydrogens is 222 g/mol. The zero-order valence-electron chi connectivity index (χ0n) is 10.8. The SMILES string of the molecule is C#CCC(Cn1cnc2ccccc21)NCCC. The predicted octanol–water partition coefficient (Wildman–Crippen LogP) is 2.43. The first-order chi connectivity index (χ1) is 8.85. The van der Waals surface area contributed by atoms with E-state index in [1.54, 1.807) is 0 Å². The first kappa shape index (κ1) is 12.7. The smallest absolute Gasteiger partial charge is 0.0958 e. The fraction of sp³-hybridized carbons (Fsp3) is 0.400. The van der Waals surface area contributed by atoms with Crippen molar-refractivity contribution < 1.29 is 0 Å². The van der Waals surface area contributed by atoms with Gasteiger partial charge in [-0.3, -0.25) is 0 Å². The van der Waals surface area contributed by atoms with Crippen molar-refractivity contribution in [1.82, 2.24) is 14.9 Å². The largest absolute Gasteiger partial charge is 0.329 e. The maximum absolute atomic E-state index is 5.43. The van der Waals surface area contributed by atoms with Crippen molar-refractivity contribution in [2.45, 2.75) is 32.4 Å². The Kier molecular flexibility index (Phi) is 4.38. The Morgan fingerprint density at radius 1 is 1.44 bits per heavy atom. The third kappa shape index (κ3) is 2.91. The van der Waals surface area contributed by atoms with Crippen molar-refractivity contribution >= 4 is 11.0 Å². The minimum atomic E-state index is 0.313. The number of fused-ring (bicyclic) bond motifs is 1. The summed E-state index contributed by atoms with van der Waals surface area (Å²) in [5, 5.41) is 3.48. The van der Waals surface area contributed by atoms with Crippen LogP contribution in [-0.4, -0.2) is 22.1 Å². The molecule has 0 fully saturated rings. The van der Waals surface area contributed by atoms with Crippen LogP contribution >= 0.6 is 0 Å². The van der Waals surface area contributed by atoms with Gasteiger partial charge in [0.05, 0.1) is 17.4 Å². The molecule has 1 heterocycles. The fourth-order valence-corrected chi connectivity index (χ4v) is 2.09. The maximum Gasteiger partial charge on any atom is 0.0958 e. The summed E-state index contributed by atoms with van der Waals surface area (Å²) < 4.78 is 2.17. The molecule has 3 nitrogen and oxygen atoms in total. The summed E-state index contributed by atoms with van der Waals surface area (Å²) in [6, 6.07) is 8.48. The second kappa shape index (κ2) is 6.23. The molecule has 0 saturated carbocycles. The predicted molar refractivity (Wildman–Crippen MR) is 75.3 cm³/mol. The van der Waals surface area contributed by atoms with E-state index in [-0.39, 0.29) is 0 Å².